The Hall–Kier alpha value is -1.52. The summed E-state index contributed by atoms with van der Waals surface area (Å²) in [6, 6.07) is -0.888. The summed E-state index contributed by atoms with van der Waals surface area (Å²) >= 11 is 0. The molecule has 0 unspecified atom stereocenters. The zero-order chi connectivity index (χ0) is 8.43. The monoisotopic (exact) mass is 157 g/mol. The van der Waals surface area contributed by atoms with Crippen LogP contribution in [-0.4, -0.2) is 28.1 Å². The van der Waals surface area contributed by atoms with Crippen LogP contribution in [0.1, 0.15) is 6.42 Å². The van der Waals surface area contributed by atoms with Gasteiger partial charge in [0.1, 0.15) is 6.04 Å². The SMILES string of the molecule is O=C1N[C@H](C(=O)O)CC1=CO. The quantitative estimate of drug-likeness (QED) is 0.350. The Labute approximate surface area is 62.3 Å². The molecule has 0 radical (unpaired) electrons. The van der Waals surface area contributed by atoms with E-state index in [0.717, 1.165) is 0 Å². The van der Waals surface area contributed by atoms with Gasteiger partial charge in [-0.25, -0.2) is 4.79 Å². The van der Waals surface area contributed by atoms with E-state index in [1.54, 1.807) is 0 Å². The molecule has 0 bridgehead atoms. The molecule has 1 rings (SSSR count). The number of rotatable bonds is 1. The number of nitrogens with one attached hydrogen (secondary N) is 1. The molecule has 0 saturated carbocycles. The largest absolute Gasteiger partial charge is 0.515 e. The third-order valence-electron chi connectivity index (χ3n) is 1.47. The number of carbonyl (C=O) groups excluding carboxylic acids is 1. The highest BCUT2D eigenvalue weighted by molar-refractivity contribution is 5.99. The lowest BCUT2D eigenvalue weighted by molar-refractivity contribution is -0.140. The van der Waals surface area contributed by atoms with Crippen LogP contribution in [0.25, 0.3) is 0 Å². The lowest BCUT2D eigenvalue weighted by Gasteiger charge is -1.99. The van der Waals surface area contributed by atoms with Gasteiger partial charge in [0, 0.05) is 6.42 Å². The topological polar surface area (TPSA) is 86.6 Å². The third kappa shape index (κ3) is 1.31. The zero-order valence-corrected chi connectivity index (χ0v) is 5.57. The maximum absolute atomic E-state index is 10.7. The average Bonchev–Trinajstić information content (AvgIpc) is 2.31. The van der Waals surface area contributed by atoms with Crippen LogP contribution in [0.2, 0.25) is 0 Å². The molecule has 0 aliphatic carbocycles. The number of carboxylic acid groups (broad SMARTS) is 1. The van der Waals surface area contributed by atoms with Crippen LogP contribution in [0.3, 0.4) is 0 Å². The number of aliphatic hydroxyl groups is 1. The van der Waals surface area contributed by atoms with E-state index < -0.39 is 17.9 Å². The van der Waals surface area contributed by atoms with E-state index in [1.165, 1.54) is 0 Å². The van der Waals surface area contributed by atoms with E-state index in [4.69, 9.17) is 10.2 Å². The van der Waals surface area contributed by atoms with E-state index in [1.807, 2.05) is 0 Å². The Kier molecular flexibility index (Phi) is 1.80. The Balaban J connectivity index is 2.72. The van der Waals surface area contributed by atoms with Crippen LogP contribution in [-0.2, 0) is 9.59 Å². The summed E-state index contributed by atoms with van der Waals surface area (Å²) < 4.78 is 0. The highest BCUT2D eigenvalue weighted by Gasteiger charge is 2.31. The molecule has 1 heterocycles. The molecule has 0 aromatic rings. The highest BCUT2D eigenvalue weighted by Crippen LogP contribution is 2.13. The van der Waals surface area contributed by atoms with E-state index in [9.17, 15) is 9.59 Å². The number of carbonyl (C=O) groups is 2. The second-order valence-corrected chi connectivity index (χ2v) is 2.22. The first-order chi connectivity index (χ1) is 5.15. The fraction of sp³-hybridized carbons (Fsp3) is 0.333. The maximum atomic E-state index is 10.7. The van der Waals surface area contributed by atoms with Crippen molar-refractivity contribution in [3.05, 3.63) is 11.8 Å². The van der Waals surface area contributed by atoms with E-state index >= 15 is 0 Å². The molecule has 0 aromatic heterocycles. The summed E-state index contributed by atoms with van der Waals surface area (Å²) in [6.07, 6.45) is 0.683. The molecule has 1 saturated heterocycles. The van der Waals surface area contributed by atoms with Gasteiger partial charge in [-0.05, 0) is 0 Å². The number of hydrogen-bond donors (Lipinski definition) is 3. The Morgan fingerprint density at radius 1 is 1.73 bits per heavy atom. The Morgan fingerprint density at radius 3 is 2.64 bits per heavy atom. The van der Waals surface area contributed by atoms with Gasteiger partial charge in [0.25, 0.3) is 5.91 Å². The first-order valence-corrected chi connectivity index (χ1v) is 3.02. The fourth-order valence-electron chi connectivity index (χ4n) is 0.875. The summed E-state index contributed by atoms with van der Waals surface area (Å²) in [7, 11) is 0. The number of carboxylic acids is 1. The number of amides is 1. The van der Waals surface area contributed by atoms with Gasteiger partial charge in [0.15, 0.2) is 0 Å². The summed E-state index contributed by atoms with van der Waals surface area (Å²) in [4.78, 5) is 21.0. The summed E-state index contributed by atoms with van der Waals surface area (Å²) in [5.74, 6) is -1.60. The first-order valence-electron chi connectivity index (χ1n) is 3.02. The van der Waals surface area contributed by atoms with Gasteiger partial charge in [-0.15, -0.1) is 0 Å². The van der Waals surface area contributed by atoms with Gasteiger partial charge >= 0.3 is 5.97 Å². The summed E-state index contributed by atoms with van der Waals surface area (Å²) in [5, 5.41) is 19.0. The average molecular weight is 157 g/mol. The second-order valence-electron chi connectivity index (χ2n) is 2.22. The molecule has 60 valence electrons. The van der Waals surface area contributed by atoms with Gasteiger partial charge in [-0.3, -0.25) is 4.79 Å². The molecular weight excluding hydrogens is 150 g/mol. The van der Waals surface area contributed by atoms with Crippen molar-refractivity contribution in [3.63, 3.8) is 0 Å². The minimum Gasteiger partial charge on any atom is -0.515 e. The van der Waals surface area contributed by atoms with Gasteiger partial charge in [-0.1, -0.05) is 0 Å². The van der Waals surface area contributed by atoms with Crippen molar-refractivity contribution in [2.75, 3.05) is 0 Å². The molecule has 1 aliphatic heterocycles. The van der Waals surface area contributed by atoms with Crippen LogP contribution in [0.4, 0.5) is 0 Å². The summed E-state index contributed by atoms with van der Waals surface area (Å²) in [6.45, 7) is 0. The normalized spacial score (nSPS) is 27.1. The Bertz CT molecular complexity index is 233. The van der Waals surface area contributed by atoms with E-state index in [2.05, 4.69) is 5.32 Å². The number of aliphatic hydroxyl groups excluding tert-OH is 1. The van der Waals surface area contributed by atoms with Gasteiger partial charge < -0.3 is 15.5 Å². The van der Waals surface area contributed by atoms with Crippen LogP contribution >= 0.6 is 0 Å². The van der Waals surface area contributed by atoms with Gasteiger partial charge in [0.2, 0.25) is 0 Å². The minimum atomic E-state index is -1.09. The van der Waals surface area contributed by atoms with Crippen LogP contribution in [0.15, 0.2) is 11.8 Å². The van der Waals surface area contributed by atoms with Gasteiger partial charge in [-0.2, -0.15) is 0 Å². The van der Waals surface area contributed by atoms with Crippen LogP contribution in [0.5, 0.6) is 0 Å². The summed E-state index contributed by atoms with van der Waals surface area (Å²) in [5.41, 5.74) is 0.109. The molecule has 1 fully saturated rings. The first kappa shape index (κ1) is 7.59. The lowest BCUT2D eigenvalue weighted by atomic mass is 10.2. The van der Waals surface area contributed by atoms with Crippen LogP contribution in [0, 0.1) is 0 Å². The van der Waals surface area contributed by atoms with Crippen molar-refractivity contribution in [1.82, 2.24) is 5.32 Å². The number of hydrogen-bond acceptors (Lipinski definition) is 3. The zero-order valence-electron chi connectivity index (χ0n) is 5.57. The minimum absolute atomic E-state index is 0.0463. The van der Waals surface area contributed by atoms with Crippen molar-refractivity contribution in [2.24, 2.45) is 0 Å². The highest BCUT2D eigenvalue weighted by atomic mass is 16.4. The molecule has 5 heteroatoms. The molecule has 0 spiro atoms. The predicted molar refractivity (Wildman–Crippen MR) is 34.9 cm³/mol. The smallest absolute Gasteiger partial charge is 0.326 e. The molecule has 5 nitrogen and oxygen atoms in total. The molecule has 1 atom stereocenters. The maximum Gasteiger partial charge on any atom is 0.326 e. The van der Waals surface area contributed by atoms with Crippen LogP contribution < -0.4 is 5.32 Å². The fourth-order valence-corrected chi connectivity index (χ4v) is 0.875. The van der Waals surface area contributed by atoms with Crippen molar-refractivity contribution < 1.29 is 19.8 Å². The van der Waals surface area contributed by atoms with Crippen molar-refractivity contribution >= 4 is 11.9 Å². The van der Waals surface area contributed by atoms with Crippen molar-refractivity contribution in [1.29, 1.82) is 0 Å². The molecule has 1 amide bonds. The second kappa shape index (κ2) is 2.61. The standard InChI is InChI=1S/C6H7NO4/c8-2-3-1-4(6(10)11)7-5(3)9/h2,4,8H,1H2,(H,7,9)(H,10,11)/t4-/m0/s1. The lowest BCUT2D eigenvalue weighted by Crippen LogP contribution is -2.32. The molecule has 1 aliphatic rings. The van der Waals surface area contributed by atoms with Crippen molar-refractivity contribution in [3.8, 4) is 0 Å². The van der Waals surface area contributed by atoms with Gasteiger partial charge in [0.05, 0.1) is 11.8 Å². The van der Waals surface area contributed by atoms with E-state index in [-0.39, 0.29) is 12.0 Å². The molecular formula is C6H7NO4. The van der Waals surface area contributed by atoms with E-state index in [0.29, 0.717) is 6.26 Å². The third-order valence-corrected chi connectivity index (χ3v) is 1.47. The molecule has 11 heavy (non-hydrogen) atoms. The number of aliphatic carboxylic acids is 1. The molecule has 3 N–H and O–H groups in total. The Morgan fingerprint density at radius 2 is 2.36 bits per heavy atom. The predicted octanol–water partition coefficient (Wildman–Crippen LogP) is -0.599. The molecule has 0 aromatic carbocycles. The van der Waals surface area contributed by atoms with Crippen molar-refractivity contribution in [2.45, 2.75) is 12.5 Å².